The molecule has 0 saturated carbocycles. The third kappa shape index (κ3) is 1.88. The van der Waals surface area contributed by atoms with E-state index in [9.17, 15) is 0 Å². The maximum Gasteiger partial charge on any atom is 0.154 e. The first-order valence-electron chi connectivity index (χ1n) is 4.74. The Balaban J connectivity index is 2.53. The first-order valence-corrected chi connectivity index (χ1v) is 4.74. The maximum absolute atomic E-state index is 5.74. The third-order valence-corrected chi connectivity index (χ3v) is 2.22. The molecule has 0 aliphatic carbocycles. The van der Waals surface area contributed by atoms with Crippen LogP contribution in [0, 0.1) is 0 Å². The molecule has 0 aliphatic heterocycles. The topological polar surface area (TPSA) is 87.0 Å². The van der Waals surface area contributed by atoms with Gasteiger partial charge in [-0.25, -0.2) is 0 Å². The lowest BCUT2D eigenvalue weighted by Crippen LogP contribution is -2.00. The number of hydrogen-bond donors (Lipinski definition) is 2. The van der Waals surface area contributed by atoms with Crippen LogP contribution in [-0.4, -0.2) is 17.3 Å². The summed E-state index contributed by atoms with van der Waals surface area (Å²) >= 11 is 0. The van der Waals surface area contributed by atoms with E-state index in [1.54, 1.807) is 13.2 Å². The molecule has 4 N–H and O–H groups in total. The fraction of sp³-hybridized carbons (Fsp3) is 0.0909. The zero-order chi connectivity index (χ0) is 11.5. The van der Waals surface area contributed by atoms with Gasteiger partial charge in [0.25, 0.3) is 0 Å². The summed E-state index contributed by atoms with van der Waals surface area (Å²) in [6.45, 7) is 0. The lowest BCUT2D eigenvalue weighted by atomic mass is 10.1. The smallest absolute Gasteiger partial charge is 0.154 e. The standard InChI is InChI=1S/C11H12N4O/c1-16-8-4-2-3-7(5-8)9-6-10(12)14-15-11(9)13/h2-6H,1H3,(H2,12,14)(H2,13,15). The van der Waals surface area contributed by atoms with Gasteiger partial charge in [-0.05, 0) is 23.8 Å². The van der Waals surface area contributed by atoms with E-state index >= 15 is 0 Å². The number of ether oxygens (including phenoxy) is 1. The van der Waals surface area contributed by atoms with E-state index in [-0.39, 0.29) is 0 Å². The minimum atomic E-state index is 0.340. The van der Waals surface area contributed by atoms with Gasteiger partial charge in [-0.2, -0.15) is 0 Å². The van der Waals surface area contributed by atoms with Gasteiger partial charge < -0.3 is 16.2 Å². The van der Waals surface area contributed by atoms with Crippen LogP contribution in [0.2, 0.25) is 0 Å². The lowest BCUT2D eigenvalue weighted by molar-refractivity contribution is 0.415. The van der Waals surface area contributed by atoms with Crippen LogP contribution in [0.4, 0.5) is 11.6 Å². The summed E-state index contributed by atoms with van der Waals surface area (Å²) in [5, 5.41) is 7.45. The number of methoxy groups -OCH3 is 1. The van der Waals surface area contributed by atoms with Crippen LogP contribution in [0.1, 0.15) is 0 Å². The lowest BCUT2D eigenvalue weighted by Gasteiger charge is -2.06. The fourth-order valence-electron chi connectivity index (χ4n) is 1.44. The molecule has 0 unspecified atom stereocenters. The van der Waals surface area contributed by atoms with E-state index in [1.165, 1.54) is 0 Å². The zero-order valence-electron chi connectivity index (χ0n) is 8.84. The summed E-state index contributed by atoms with van der Waals surface area (Å²) in [4.78, 5) is 0. The summed E-state index contributed by atoms with van der Waals surface area (Å²) in [6.07, 6.45) is 0. The Morgan fingerprint density at radius 1 is 1.12 bits per heavy atom. The van der Waals surface area contributed by atoms with E-state index < -0.39 is 0 Å². The Labute approximate surface area is 93.1 Å². The van der Waals surface area contributed by atoms with Crippen molar-refractivity contribution in [3.05, 3.63) is 30.3 Å². The van der Waals surface area contributed by atoms with Gasteiger partial charge in [-0.3, -0.25) is 0 Å². The average molecular weight is 216 g/mol. The van der Waals surface area contributed by atoms with E-state index in [4.69, 9.17) is 16.2 Å². The molecule has 0 spiro atoms. The molecule has 0 atom stereocenters. The molecule has 1 heterocycles. The van der Waals surface area contributed by atoms with Gasteiger partial charge in [0.2, 0.25) is 0 Å². The molecule has 82 valence electrons. The van der Waals surface area contributed by atoms with Gasteiger partial charge in [0.15, 0.2) is 5.82 Å². The van der Waals surface area contributed by atoms with E-state index in [1.807, 2.05) is 24.3 Å². The van der Waals surface area contributed by atoms with Crippen molar-refractivity contribution in [2.24, 2.45) is 0 Å². The Morgan fingerprint density at radius 3 is 2.69 bits per heavy atom. The number of nitrogens with two attached hydrogens (primary N) is 2. The van der Waals surface area contributed by atoms with Crippen molar-refractivity contribution in [1.29, 1.82) is 0 Å². The zero-order valence-corrected chi connectivity index (χ0v) is 8.84. The fourth-order valence-corrected chi connectivity index (χ4v) is 1.44. The number of anilines is 2. The van der Waals surface area contributed by atoms with Crippen molar-refractivity contribution < 1.29 is 4.74 Å². The third-order valence-electron chi connectivity index (χ3n) is 2.22. The monoisotopic (exact) mass is 216 g/mol. The summed E-state index contributed by atoms with van der Waals surface area (Å²) < 4.78 is 5.14. The molecule has 0 amide bonds. The second-order valence-corrected chi connectivity index (χ2v) is 3.30. The van der Waals surface area contributed by atoms with Crippen molar-refractivity contribution in [3.63, 3.8) is 0 Å². The molecule has 0 saturated heterocycles. The Bertz CT molecular complexity index is 513. The predicted octanol–water partition coefficient (Wildman–Crippen LogP) is 1.32. The number of benzene rings is 1. The highest BCUT2D eigenvalue weighted by molar-refractivity contribution is 5.75. The minimum Gasteiger partial charge on any atom is -0.497 e. The number of hydrogen-bond acceptors (Lipinski definition) is 5. The maximum atomic E-state index is 5.74. The predicted molar refractivity (Wildman–Crippen MR) is 62.8 cm³/mol. The quantitative estimate of drug-likeness (QED) is 0.790. The number of nitrogen functional groups attached to an aromatic ring is 2. The summed E-state index contributed by atoms with van der Waals surface area (Å²) in [5.74, 6) is 1.45. The van der Waals surface area contributed by atoms with Crippen LogP contribution in [0.5, 0.6) is 5.75 Å². The van der Waals surface area contributed by atoms with E-state index in [2.05, 4.69) is 10.2 Å². The van der Waals surface area contributed by atoms with E-state index in [0.29, 0.717) is 11.6 Å². The van der Waals surface area contributed by atoms with Crippen LogP contribution >= 0.6 is 0 Å². The second-order valence-electron chi connectivity index (χ2n) is 3.30. The van der Waals surface area contributed by atoms with Crippen LogP contribution < -0.4 is 16.2 Å². The summed E-state index contributed by atoms with van der Waals surface area (Å²) in [7, 11) is 1.61. The van der Waals surface area contributed by atoms with Crippen LogP contribution in [0.25, 0.3) is 11.1 Å². The van der Waals surface area contributed by atoms with Crippen molar-refractivity contribution in [2.75, 3.05) is 18.6 Å². The van der Waals surface area contributed by atoms with Crippen LogP contribution in [0.15, 0.2) is 30.3 Å². The minimum absolute atomic E-state index is 0.340. The second kappa shape index (κ2) is 4.06. The SMILES string of the molecule is COc1cccc(-c2cc(N)nnc2N)c1. The molecule has 1 aromatic heterocycles. The Morgan fingerprint density at radius 2 is 1.94 bits per heavy atom. The molecule has 5 heteroatoms. The van der Waals surface area contributed by atoms with Crippen LogP contribution in [-0.2, 0) is 0 Å². The molecule has 0 fully saturated rings. The molecule has 5 nitrogen and oxygen atoms in total. The highest BCUT2D eigenvalue weighted by Gasteiger charge is 2.06. The molecule has 1 aromatic carbocycles. The Hall–Kier alpha value is -2.30. The largest absolute Gasteiger partial charge is 0.497 e. The first-order chi connectivity index (χ1) is 7.70. The van der Waals surface area contributed by atoms with Gasteiger partial charge in [0, 0.05) is 5.56 Å². The normalized spacial score (nSPS) is 10.1. The average Bonchev–Trinajstić information content (AvgIpc) is 2.32. The molecule has 16 heavy (non-hydrogen) atoms. The molecule has 0 radical (unpaired) electrons. The number of rotatable bonds is 2. The van der Waals surface area contributed by atoms with Crippen molar-refractivity contribution in [1.82, 2.24) is 10.2 Å². The van der Waals surface area contributed by atoms with Crippen LogP contribution in [0.3, 0.4) is 0 Å². The van der Waals surface area contributed by atoms with Gasteiger partial charge in [-0.15, -0.1) is 10.2 Å². The molecular weight excluding hydrogens is 204 g/mol. The van der Waals surface area contributed by atoms with Gasteiger partial charge in [0.1, 0.15) is 11.6 Å². The highest BCUT2D eigenvalue weighted by atomic mass is 16.5. The molecule has 0 bridgehead atoms. The molecular formula is C11H12N4O. The highest BCUT2D eigenvalue weighted by Crippen LogP contribution is 2.27. The van der Waals surface area contributed by atoms with Crippen molar-refractivity contribution >= 4 is 11.6 Å². The molecule has 2 rings (SSSR count). The van der Waals surface area contributed by atoms with Crippen molar-refractivity contribution in [2.45, 2.75) is 0 Å². The van der Waals surface area contributed by atoms with Gasteiger partial charge >= 0.3 is 0 Å². The molecule has 0 aliphatic rings. The summed E-state index contributed by atoms with van der Waals surface area (Å²) in [5.41, 5.74) is 13.0. The summed E-state index contributed by atoms with van der Waals surface area (Å²) in [6, 6.07) is 9.21. The number of aromatic nitrogens is 2. The van der Waals surface area contributed by atoms with Gasteiger partial charge in [-0.1, -0.05) is 12.1 Å². The van der Waals surface area contributed by atoms with E-state index in [0.717, 1.165) is 16.9 Å². The van der Waals surface area contributed by atoms with Gasteiger partial charge in [0.05, 0.1) is 7.11 Å². The first kappa shape index (κ1) is 10.2. The number of nitrogens with zero attached hydrogens (tertiary/aromatic N) is 2. The molecule has 2 aromatic rings. The Kier molecular flexibility index (Phi) is 2.59. The van der Waals surface area contributed by atoms with Crippen molar-refractivity contribution in [3.8, 4) is 16.9 Å².